The second kappa shape index (κ2) is 10.1. The lowest BCUT2D eigenvalue weighted by atomic mass is 10.1. The molecule has 1 aliphatic carbocycles. The molecule has 0 spiro atoms. The number of ether oxygens (including phenoxy) is 1. The third kappa shape index (κ3) is 4.59. The van der Waals surface area contributed by atoms with Gasteiger partial charge in [-0.05, 0) is 42.2 Å². The smallest absolute Gasteiger partial charge is 0.251 e. The zero-order chi connectivity index (χ0) is 26.4. The molecule has 12 heteroatoms. The number of fused-ring (bicyclic) bond motifs is 2. The van der Waals surface area contributed by atoms with E-state index in [4.69, 9.17) is 27.9 Å². The number of hydrogen-bond donors (Lipinski definition) is 4. The fourth-order valence-corrected chi connectivity index (χ4v) is 5.73. The van der Waals surface area contributed by atoms with Gasteiger partial charge in [-0.3, -0.25) is 9.36 Å². The maximum absolute atomic E-state index is 13.0. The minimum absolute atomic E-state index is 0.163. The number of benzene rings is 2. The van der Waals surface area contributed by atoms with Gasteiger partial charge in [0.1, 0.15) is 24.6 Å². The predicted molar refractivity (Wildman–Crippen MR) is 141 cm³/mol. The number of carbonyl (C=O) groups excluding carboxylic acids is 1. The summed E-state index contributed by atoms with van der Waals surface area (Å²) in [7, 11) is 0. The van der Waals surface area contributed by atoms with E-state index in [0.29, 0.717) is 27.0 Å². The number of halogens is 2. The molecule has 2 aromatic heterocycles. The number of rotatable bonds is 6. The number of hydrogen-bond acceptors (Lipinski definition) is 8. The molecular weight excluding hydrogens is 531 g/mol. The van der Waals surface area contributed by atoms with E-state index in [-0.39, 0.29) is 11.6 Å². The molecule has 1 amide bonds. The Bertz CT molecular complexity index is 1470. The van der Waals surface area contributed by atoms with E-state index in [1.807, 2.05) is 12.1 Å². The minimum atomic E-state index is -1.20. The van der Waals surface area contributed by atoms with Crippen molar-refractivity contribution in [2.24, 2.45) is 0 Å². The molecule has 0 saturated carbocycles. The normalized spacial score (nSPS) is 23.1. The van der Waals surface area contributed by atoms with Gasteiger partial charge in [-0.15, -0.1) is 0 Å². The summed E-state index contributed by atoms with van der Waals surface area (Å²) in [4.78, 5) is 26.4. The fourth-order valence-electron chi connectivity index (χ4n) is 5.21. The second-order valence-corrected chi connectivity index (χ2v) is 10.3. The Morgan fingerprint density at radius 3 is 2.47 bits per heavy atom. The third-order valence-electron chi connectivity index (χ3n) is 7.00. The lowest BCUT2D eigenvalue weighted by Crippen LogP contribution is -2.46. The van der Waals surface area contributed by atoms with Gasteiger partial charge in [0.2, 0.25) is 0 Å². The van der Waals surface area contributed by atoms with Crippen LogP contribution in [0.25, 0.3) is 11.2 Å². The molecule has 2 aromatic carbocycles. The number of anilines is 1. The first-order chi connectivity index (χ1) is 18.4. The van der Waals surface area contributed by atoms with Crippen molar-refractivity contribution in [1.82, 2.24) is 24.8 Å². The van der Waals surface area contributed by atoms with Crippen molar-refractivity contribution < 1.29 is 19.7 Å². The molecule has 0 bridgehead atoms. The number of carbonyl (C=O) groups is 1. The van der Waals surface area contributed by atoms with Crippen LogP contribution in [0.15, 0.2) is 55.1 Å². The van der Waals surface area contributed by atoms with E-state index in [1.165, 1.54) is 42.0 Å². The van der Waals surface area contributed by atoms with Gasteiger partial charge in [-0.25, -0.2) is 15.0 Å². The van der Waals surface area contributed by atoms with Crippen molar-refractivity contribution in [3.8, 4) is 0 Å². The SMILES string of the molecule is O=C(N[C@@H]1[C@H](O)[C@@H](CO)O[C@H]1n1cnc2c(NC3Cc4ccccc4C3)ncnc21)c1cc(Cl)cc(Cl)c1. The largest absolute Gasteiger partial charge is 0.394 e. The zero-order valence-electron chi connectivity index (χ0n) is 20.0. The van der Waals surface area contributed by atoms with Gasteiger partial charge >= 0.3 is 0 Å². The minimum Gasteiger partial charge on any atom is -0.394 e. The summed E-state index contributed by atoms with van der Waals surface area (Å²) in [6.45, 7) is -0.441. The van der Waals surface area contributed by atoms with Gasteiger partial charge in [0, 0.05) is 21.7 Å². The van der Waals surface area contributed by atoms with Gasteiger partial charge < -0.3 is 25.6 Å². The lowest BCUT2D eigenvalue weighted by Gasteiger charge is -2.23. The topological polar surface area (TPSA) is 134 Å². The summed E-state index contributed by atoms with van der Waals surface area (Å²) in [5.41, 5.74) is 3.83. The van der Waals surface area contributed by atoms with Crippen LogP contribution in [0.5, 0.6) is 0 Å². The average Bonchev–Trinajstić information content (AvgIpc) is 3.59. The van der Waals surface area contributed by atoms with E-state index >= 15 is 0 Å². The molecule has 38 heavy (non-hydrogen) atoms. The number of nitrogens with zero attached hydrogens (tertiary/aromatic N) is 4. The van der Waals surface area contributed by atoms with Gasteiger partial charge in [-0.2, -0.15) is 0 Å². The second-order valence-electron chi connectivity index (χ2n) is 9.46. The van der Waals surface area contributed by atoms with Crippen molar-refractivity contribution in [2.75, 3.05) is 11.9 Å². The molecule has 1 fully saturated rings. The number of imidazole rings is 1. The monoisotopic (exact) mass is 554 g/mol. The Morgan fingerprint density at radius 1 is 1.08 bits per heavy atom. The van der Waals surface area contributed by atoms with Gasteiger partial charge in [0.05, 0.1) is 12.9 Å². The van der Waals surface area contributed by atoms with Crippen molar-refractivity contribution in [3.63, 3.8) is 0 Å². The summed E-state index contributed by atoms with van der Waals surface area (Å²) in [6, 6.07) is 12.0. The highest BCUT2D eigenvalue weighted by molar-refractivity contribution is 6.35. The zero-order valence-corrected chi connectivity index (χ0v) is 21.5. The van der Waals surface area contributed by atoms with Crippen molar-refractivity contribution in [3.05, 3.63) is 81.9 Å². The van der Waals surface area contributed by atoms with Crippen LogP contribution in [0, 0.1) is 0 Å². The molecule has 0 radical (unpaired) electrons. The molecular formula is C26H24Cl2N6O4. The first kappa shape index (κ1) is 25.0. The van der Waals surface area contributed by atoms with Crippen LogP contribution in [0.3, 0.4) is 0 Å². The van der Waals surface area contributed by atoms with Crippen molar-refractivity contribution >= 4 is 46.1 Å². The number of nitrogens with one attached hydrogen (secondary N) is 2. The Morgan fingerprint density at radius 2 is 1.79 bits per heavy atom. The Hall–Kier alpha value is -3.28. The van der Waals surface area contributed by atoms with Crippen LogP contribution in [-0.2, 0) is 17.6 Å². The Balaban J connectivity index is 1.28. The van der Waals surface area contributed by atoms with Crippen LogP contribution in [-0.4, -0.2) is 66.5 Å². The fraction of sp³-hybridized carbons (Fsp3) is 0.308. The Labute approximate surface area is 227 Å². The highest BCUT2D eigenvalue weighted by atomic mass is 35.5. The summed E-state index contributed by atoms with van der Waals surface area (Å²) in [5.74, 6) is 0.0748. The molecule has 0 unspecified atom stereocenters. The van der Waals surface area contributed by atoms with Crippen LogP contribution in [0.2, 0.25) is 10.0 Å². The summed E-state index contributed by atoms with van der Waals surface area (Å²) < 4.78 is 7.59. The molecule has 1 saturated heterocycles. The summed E-state index contributed by atoms with van der Waals surface area (Å²) in [5, 5.41) is 27.6. The molecule has 6 rings (SSSR count). The number of aliphatic hydroxyl groups excluding tert-OH is 2. The lowest BCUT2D eigenvalue weighted by molar-refractivity contribution is -0.0440. The number of aliphatic hydroxyl groups is 2. The molecule has 2 aliphatic rings. The average molecular weight is 555 g/mol. The first-order valence-corrected chi connectivity index (χ1v) is 12.9. The quantitative estimate of drug-likeness (QED) is 0.286. The number of amides is 1. The van der Waals surface area contributed by atoms with Gasteiger partial charge in [-0.1, -0.05) is 47.5 Å². The molecule has 4 N–H and O–H groups in total. The first-order valence-electron chi connectivity index (χ1n) is 12.1. The van der Waals surface area contributed by atoms with E-state index in [0.717, 1.165) is 12.8 Å². The van der Waals surface area contributed by atoms with Gasteiger partial charge in [0.15, 0.2) is 23.2 Å². The van der Waals surface area contributed by atoms with E-state index in [2.05, 4.69) is 37.7 Å². The van der Waals surface area contributed by atoms with Crippen LogP contribution in [0.4, 0.5) is 5.82 Å². The highest BCUT2D eigenvalue weighted by Gasteiger charge is 2.46. The molecule has 4 atom stereocenters. The van der Waals surface area contributed by atoms with E-state index in [9.17, 15) is 15.0 Å². The van der Waals surface area contributed by atoms with Crippen LogP contribution < -0.4 is 10.6 Å². The van der Waals surface area contributed by atoms with Crippen molar-refractivity contribution in [2.45, 2.75) is 43.4 Å². The number of aromatic nitrogens is 4. The molecule has 4 aromatic rings. The molecule has 10 nitrogen and oxygen atoms in total. The maximum atomic E-state index is 13.0. The summed E-state index contributed by atoms with van der Waals surface area (Å²) in [6.07, 6.45) is 1.69. The van der Waals surface area contributed by atoms with Crippen molar-refractivity contribution in [1.29, 1.82) is 0 Å². The summed E-state index contributed by atoms with van der Waals surface area (Å²) >= 11 is 12.1. The van der Waals surface area contributed by atoms with Gasteiger partial charge in [0.25, 0.3) is 5.91 Å². The van der Waals surface area contributed by atoms with Crippen LogP contribution in [0.1, 0.15) is 27.7 Å². The van der Waals surface area contributed by atoms with E-state index in [1.54, 1.807) is 4.57 Å². The standard InChI is InChI=1S/C26H24Cl2N6O4/c27-16-5-15(6-17(28)9-16)25(37)33-20-22(36)19(10-35)38-26(20)34-12-31-21-23(29-11-30-24(21)34)32-18-7-13-3-1-2-4-14(13)8-18/h1-6,9,11-12,18-20,22,26,35-36H,7-8,10H2,(H,33,37)(H,29,30,32)/t19-,20-,22-,26-/m1/s1. The Kier molecular flexibility index (Phi) is 6.67. The predicted octanol–water partition coefficient (Wildman–Crippen LogP) is 2.76. The molecule has 1 aliphatic heterocycles. The highest BCUT2D eigenvalue weighted by Crippen LogP contribution is 2.33. The molecule has 196 valence electrons. The molecule has 3 heterocycles. The maximum Gasteiger partial charge on any atom is 0.251 e. The van der Waals surface area contributed by atoms with Crippen LogP contribution >= 0.6 is 23.2 Å². The third-order valence-corrected chi connectivity index (χ3v) is 7.43. The van der Waals surface area contributed by atoms with E-state index < -0.39 is 37.0 Å².